The second-order valence-corrected chi connectivity index (χ2v) is 14.0. The molecule has 1 aromatic carbocycles. The standard InChI is InChI=1S/C32H45N4O16P/c1-18(2)16-32(51-31(42)46-6,34-27(38)24-15-21-22(33-24)10-9-11-26(21)44-4)29(40)52-35-23(25(37)17-49-53(43,47-7)48-8)14-20-12-13-36(28(20)39)19(3)50-30(41)45-5/h9-11,15,18-20,23,33,35H,12-14,16-17H2,1-8H3,(H,34,38)/t19-,20-,23-,32-/m0/s1. The van der Waals surface area contributed by atoms with Crippen LogP contribution in [0, 0.1) is 11.8 Å². The molecule has 294 valence electrons. The molecule has 3 rings (SSSR count). The summed E-state index contributed by atoms with van der Waals surface area (Å²) in [4.78, 5) is 88.1. The number of phosphoric acid groups is 1. The van der Waals surface area contributed by atoms with E-state index in [9.17, 15) is 33.3 Å². The number of rotatable bonds is 19. The molecule has 3 N–H and O–H groups in total. The van der Waals surface area contributed by atoms with Crippen molar-refractivity contribution in [1.82, 2.24) is 20.7 Å². The van der Waals surface area contributed by atoms with Gasteiger partial charge in [-0.1, -0.05) is 19.9 Å². The number of H-pyrrole nitrogens is 1. The van der Waals surface area contributed by atoms with Crippen molar-refractivity contribution < 1.29 is 75.4 Å². The Morgan fingerprint density at radius 2 is 1.70 bits per heavy atom. The molecule has 21 heteroatoms. The lowest BCUT2D eigenvalue weighted by Gasteiger charge is -2.32. The lowest BCUT2D eigenvalue weighted by molar-refractivity contribution is -0.183. The summed E-state index contributed by atoms with van der Waals surface area (Å²) in [5, 5.41) is 2.98. The van der Waals surface area contributed by atoms with Crippen LogP contribution in [-0.2, 0) is 56.3 Å². The highest BCUT2D eigenvalue weighted by atomic mass is 31.2. The van der Waals surface area contributed by atoms with Crippen molar-refractivity contribution in [2.45, 2.75) is 58.0 Å². The highest BCUT2D eigenvalue weighted by Gasteiger charge is 2.48. The number of likely N-dealkylation sites (tertiary alicyclic amines) is 1. The number of fused-ring (bicyclic) bond motifs is 1. The van der Waals surface area contributed by atoms with Crippen molar-refractivity contribution in [3.63, 3.8) is 0 Å². The van der Waals surface area contributed by atoms with Gasteiger partial charge in [-0.3, -0.25) is 28.0 Å². The molecule has 1 fully saturated rings. The number of carbonyl (C=O) groups excluding carboxylic acids is 6. The number of nitrogens with zero attached hydrogens (tertiary/aromatic N) is 1. The Morgan fingerprint density at radius 3 is 2.30 bits per heavy atom. The van der Waals surface area contributed by atoms with Gasteiger partial charge in [0.2, 0.25) is 5.91 Å². The Kier molecular flexibility index (Phi) is 15.2. The average Bonchev–Trinajstić information content (AvgIpc) is 3.74. The predicted molar refractivity (Wildman–Crippen MR) is 181 cm³/mol. The molecule has 1 saturated heterocycles. The zero-order chi connectivity index (χ0) is 39.5. The minimum atomic E-state index is -4.15. The molecule has 0 spiro atoms. The maximum absolute atomic E-state index is 14.0. The molecule has 20 nitrogen and oxygen atoms in total. The Morgan fingerprint density at radius 1 is 1.02 bits per heavy atom. The fourth-order valence-electron chi connectivity index (χ4n) is 5.49. The van der Waals surface area contributed by atoms with Crippen molar-refractivity contribution in [2.24, 2.45) is 11.8 Å². The molecule has 0 aliphatic carbocycles. The van der Waals surface area contributed by atoms with Gasteiger partial charge in [0, 0.05) is 44.0 Å². The molecule has 2 heterocycles. The molecule has 0 saturated carbocycles. The monoisotopic (exact) mass is 772 g/mol. The molecular formula is C32H45N4O16P. The number of carbonyl (C=O) groups is 6. The van der Waals surface area contributed by atoms with E-state index in [1.807, 2.05) is 0 Å². The summed E-state index contributed by atoms with van der Waals surface area (Å²) >= 11 is 0. The summed E-state index contributed by atoms with van der Waals surface area (Å²) in [5.74, 6) is -4.47. The minimum Gasteiger partial charge on any atom is -0.496 e. The molecule has 4 atom stereocenters. The van der Waals surface area contributed by atoms with Crippen LogP contribution in [0.2, 0.25) is 0 Å². The van der Waals surface area contributed by atoms with E-state index in [2.05, 4.69) is 25.3 Å². The number of methoxy groups -OCH3 is 3. The van der Waals surface area contributed by atoms with Gasteiger partial charge in [0.1, 0.15) is 24.1 Å². The number of ketones is 1. The maximum atomic E-state index is 14.0. The fourth-order valence-corrected chi connectivity index (χ4v) is 6.13. The second kappa shape index (κ2) is 18.8. The van der Waals surface area contributed by atoms with Gasteiger partial charge in [-0.05, 0) is 43.9 Å². The third kappa shape index (κ3) is 10.9. The van der Waals surface area contributed by atoms with Crippen LogP contribution in [0.15, 0.2) is 24.3 Å². The van der Waals surface area contributed by atoms with Crippen LogP contribution in [-0.4, -0.2) is 112 Å². The largest absolute Gasteiger partial charge is 0.510 e. The lowest BCUT2D eigenvalue weighted by Crippen LogP contribution is -2.60. The van der Waals surface area contributed by atoms with E-state index < -0.39 is 80.1 Å². The van der Waals surface area contributed by atoms with Gasteiger partial charge in [0.25, 0.3) is 11.6 Å². The number of benzene rings is 1. The van der Waals surface area contributed by atoms with Gasteiger partial charge >= 0.3 is 26.1 Å². The van der Waals surface area contributed by atoms with Crippen LogP contribution in [0.25, 0.3) is 10.9 Å². The first-order valence-electron chi connectivity index (χ1n) is 16.2. The summed E-state index contributed by atoms with van der Waals surface area (Å²) < 4.78 is 51.9. The SMILES string of the molecule is COC(=O)O[C@@H](C)N1CC[C@@H](C[C@H](NOC(=O)[C@@](CC(C)C)(NC(=O)c2cc3c(OC)cccc3[nH]2)OC(=O)OC)C(=O)COP(=O)(OC)OC)C1=O. The van der Waals surface area contributed by atoms with Gasteiger partial charge in [-0.2, -0.15) is 0 Å². The first kappa shape index (κ1) is 42.7. The Hall–Kier alpha value is -4.75. The number of amides is 2. The van der Waals surface area contributed by atoms with Crippen molar-refractivity contribution in [3.05, 3.63) is 30.0 Å². The van der Waals surface area contributed by atoms with Crippen LogP contribution >= 0.6 is 7.82 Å². The molecule has 0 radical (unpaired) electrons. The maximum Gasteiger partial charge on any atom is 0.510 e. The lowest BCUT2D eigenvalue weighted by atomic mass is 9.96. The topological polar surface area (TPSA) is 246 Å². The Labute approximate surface area is 304 Å². The molecule has 0 unspecified atom stereocenters. The summed E-state index contributed by atoms with van der Waals surface area (Å²) in [6.45, 7) is 4.05. The third-order valence-electron chi connectivity index (χ3n) is 8.09. The third-order valence-corrected chi connectivity index (χ3v) is 9.43. The molecule has 2 amide bonds. The molecule has 53 heavy (non-hydrogen) atoms. The number of aromatic amines is 1. The van der Waals surface area contributed by atoms with Crippen molar-refractivity contribution >= 4 is 54.6 Å². The van der Waals surface area contributed by atoms with E-state index in [1.54, 1.807) is 32.0 Å². The quantitative estimate of drug-likeness (QED) is 0.0610. The van der Waals surface area contributed by atoms with Gasteiger partial charge in [-0.25, -0.2) is 18.9 Å². The zero-order valence-corrected chi connectivity index (χ0v) is 31.5. The van der Waals surface area contributed by atoms with Crippen LogP contribution < -0.4 is 15.5 Å². The first-order valence-corrected chi connectivity index (χ1v) is 17.7. The van der Waals surface area contributed by atoms with Gasteiger partial charge < -0.3 is 43.7 Å². The van der Waals surface area contributed by atoms with E-state index in [-0.39, 0.29) is 31.5 Å². The Balaban J connectivity index is 1.92. The van der Waals surface area contributed by atoms with Crippen LogP contribution in [0.5, 0.6) is 5.75 Å². The van der Waals surface area contributed by atoms with Crippen LogP contribution in [0.1, 0.15) is 50.5 Å². The number of ether oxygens (including phenoxy) is 5. The average molecular weight is 773 g/mol. The van der Waals surface area contributed by atoms with E-state index in [4.69, 9.17) is 32.6 Å². The number of Topliss-reactive ketones (excluding diaryl/α,β-unsaturated/α-hetero) is 1. The summed E-state index contributed by atoms with van der Waals surface area (Å²) in [6.07, 6.45) is -3.82. The van der Waals surface area contributed by atoms with Crippen LogP contribution in [0.3, 0.4) is 0 Å². The summed E-state index contributed by atoms with van der Waals surface area (Å²) in [6, 6.07) is 5.03. The second-order valence-electron chi connectivity index (χ2n) is 12.1. The van der Waals surface area contributed by atoms with E-state index in [0.29, 0.717) is 16.7 Å². The number of hydrogen-bond donors (Lipinski definition) is 3. The first-order chi connectivity index (χ1) is 25.0. The molecular weight excluding hydrogens is 727 g/mol. The molecule has 2 aromatic rings. The normalized spacial score (nSPS) is 16.7. The fraction of sp³-hybridized carbons (Fsp3) is 0.562. The smallest absolute Gasteiger partial charge is 0.496 e. The predicted octanol–water partition coefficient (Wildman–Crippen LogP) is 3.20. The Bertz CT molecular complexity index is 1690. The van der Waals surface area contributed by atoms with Gasteiger partial charge in [-0.15, -0.1) is 5.48 Å². The van der Waals surface area contributed by atoms with E-state index in [0.717, 1.165) is 28.4 Å². The number of phosphoric ester groups is 1. The van der Waals surface area contributed by atoms with Crippen LogP contribution in [0.4, 0.5) is 9.59 Å². The highest BCUT2D eigenvalue weighted by molar-refractivity contribution is 7.48. The van der Waals surface area contributed by atoms with Gasteiger partial charge in [0.15, 0.2) is 12.0 Å². The van der Waals surface area contributed by atoms with E-state index >= 15 is 0 Å². The summed E-state index contributed by atoms with van der Waals surface area (Å²) in [5.41, 5.74) is 0.277. The van der Waals surface area contributed by atoms with Crippen molar-refractivity contribution in [1.29, 1.82) is 0 Å². The molecule has 1 aliphatic rings. The number of aromatic nitrogens is 1. The van der Waals surface area contributed by atoms with E-state index in [1.165, 1.54) is 25.0 Å². The highest BCUT2D eigenvalue weighted by Crippen LogP contribution is 2.47. The number of hydroxylamine groups is 1. The molecule has 1 aromatic heterocycles. The molecule has 0 bridgehead atoms. The number of nitrogens with one attached hydrogen (secondary N) is 3. The summed E-state index contributed by atoms with van der Waals surface area (Å²) in [7, 11) is 1.48. The number of hydrogen-bond acceptors (Lipinski definition) is 17. The zero-order valence-electron chi connectivity index (χ0n) is 30.6. The molecule has 1 aliphatic heterocycles. The minimum absolute atomic E-state index is 0.0347. The van der Waals surface area contributed by atoms with Crippen molar-refractivity contribution in [2.75, 3.05) is 48.7 Å². The van der Waals surface area contributed by atoms with Gasteiger partial charge in [0.05, 0.1) is 21.3 Å². The van der Waals surface area contributed by atoms with Crippen molar-refractivity contribution in [3.8, 4) is 5.75 Å².